The summed E-state index contributed by atoms with van der Waals surface area (Å²) in [6.45, 7) is 6.06. The number of nitrogens with one attached hydrogen (secondary N) is 1. The van der Waals surface area contributed by atoms with Crippen molar-refractivity contribution in [3.63, 3.8) is 0 Å². The van der Waals surface area contributed by atoms with Gasteiger partial charge in [0.1, 0.15) is 5.75 Å². The number of phenolic OH excluding ortho intramolecular Hbond substituents is 1. The van der Waals surface area contributed by atoms with E-state index in [1.165, 1.54) is 17.8 Å². The van der Waals surface area contributed by atoms with E-state index in [0.29, 0.717) is 18.1 Å². The second-order valence-corrected chi connectivity index (χ2v) is 6.32. The quantitative estimate of drug-likeness (QED) is 0.399. The molecule has 0 saturated carbocycles. The fourth-order valence-corrected chi connectivity index (χ4v) is 2.73. The summed E-state index contributed by atoms with van der Waals surface area (Å²) in [4.78, 5) is 29.2. The zero-order valence-electron chi connectivity index (χ0n) is 15.3. The van der Waals surface area contributed by atoms with E-state index in [2.05, 4.69) is 22.1 Å². The molecule has 0 fully saturated rings. The number of aromatic nitrogens is 4. The number of nitrogens with zero attached hydrogens (tertiary/aromatic N) is 5. The molecule has 9 nitrogen and oxygen atoms in total. The normalized spacial score (nSPS) is 11.4. The third-order valence-electron chi connectivity index (χ3n) is 4.02. The molecule has 2 N–H and O–H groups in total. The number of fused-ring (bicyclic) bond motifs is 1. The maximum Gasteiger partial charge on any atom is 0.332 e. The van der Waals surface area contributed by atoms with E-state index in [0.717, 1.165) is 10.1 Å². The summed E-state index contributed by atoms with van der Waals surface area (Å²) >= 11 is 0. The molecular formula is C18H20N6O3. The van der Waals surface area contributed by atoms with Crippen LogP contribution in [0.15, 0.2) is 51.1 Å². The number of imidazole rings is 1. The van der Waals surface area contributed by atoms with Crippen LogP contribution in [0, 0.1) is 0 Å². The monoisotopic (exact) mass is 368 g/mol. The van der Waals surface area contributed by atoms with E-state index < -0.39 is 11.2 Å². The summed E-state index contributed by atoms with van der Waals surface area (Å²) in [6, 6.07) is 6.60. The Hall–Kier alpha value is -3.62. The molecule has 27 heavy (non-hydrogen) atoms. The van der Waals surface area contributed by atoms with Crippen LogP contribution < -0.4 is 16.7 Å². The molecule has 0 aliphatic carbocycles. The first-order chi connectivity index (χ1) is 12.8. The molecule has 0 spiro atoms. The lowest BCUT2D eigenvalue weighted by Crippen LogP contribution is -2.37. The Labute approximate surface area is 154 Å². The van der Waals surface area contributed by atoms with Gasteiger partial charge in [-0.05, 0) is 24.6 Å². The van der Waals surface area contributed by atoms with Gasteiger partial charge in [0.25, 0.3) is 5.56 Å². The highest BCUT2D eigenvalue weighted by molar-refractivity contribution is 5.81. The van der Waals surface area contributed by atoms with E-state index in [-0.39, 0.29) is 16.9 Å². The summed E-state index contributed by atoms with van der Waals surface area (Å²) in [5, 5.41) is 13.6. The number of anilines is 1. The Kier molecular flexibility index (Phi) is 4.68. The summed E-state index contributed by atoms with van der Waals surface area (Å²) in [7, 11) is 2.98. The molecule has 2 aromatic heterocycles. The first-order valence-corrected chi connectivity index (χ1v) is 8.18. The van der Waals surface area contributed by atoms with Crippen molar-refractivity contribution in [1.29, 1.82) is 0 Å². The molecule has 0 aliphatic heterocycles. The van der Waals surface area contributed by atoms with Crippen LogP contribution in [0.3, 0.4) is 0 Å². The molecule has 0 atom stereocenters. The van der Waals surface area contributed by atoms with Crippen LogP contribution in [0.2, 0.25) is 0 Å². The standard InChI is InChI=1S/C18H20N6O3/c1-11(2)10-24-14-15(22(3)18(27)23(4)16(14)26)20-17(24)21-19-9-12-6-5-7-13(25)8-12/h5-9,25H,1,10H2,2-4H3,(H,20,21)/b19-9+. The smallest absolute Gasteiger partial charge is 0.332 e. The molecule has 2 heterocycles. The Balaban J connectivity index is 2.10. The highest BCUT2D eigenvalue weighted by Gasteiger charge is 2.18. The van der Waals surface area contributed by atoms with Crippen molar-refractivity contribution in [3.05, 3.63) is 62.8 Å². The van der Waals surface area contributed by atoms with Gasteiger partial charge < -0.3 is 5.11 Å². The molecular weight excluding hydrogens is 348 g/mol. The zero-order valence-corrected chi connectivity index (χ0v) is 15.3. The van der Waals surface area contributed by atoms with Gasteiger partial charge in [0.05, 0.1) is 6.21 Å². The molecule has 0 unspecified atom stereocenters. The van der Waals surface area contributed by atoms with E-state index >= 15 is 0 Å². The van der Waals surface area contributed by atoms with Gasteiger partial charge >= 0.3 is 5.69 Å². The van der Waals surface area contributed by atoms with Crippen molar-refractivity contribution in [3.8, 4) is 5.75 Å². The molecule has 0 aliphatic rings. The fraction of sp³-hybridized carbons (Fsp3) is 0.222. The predicted octanol–water partition coefficient (Wildman–Crippen LogP) is 1.16. The topological polar surface area (TPSA) is 106 Å². The lowest BCUT2D eigenvalue weighted by Gasteiger charge is -2.08. The van der Waals surface area contributed by atoms with Crippen LogP contribution in [0.25, 0.3) is 11.2 Å². The number of hydrogen-bond donors (Lipinski definition) is 2. The maximum absolute atomic E-state index is 12.6. The van der Waals surface area contributed by atoms with E-state index in [1.54, 1.807) is 35.9 Å². The van der Waals surface area contributed by atoms with Gasteiger partial charge in [-0.2, -0.15) is 10.1 Å². The molecule has 0 saturated heterocycles. The minimum Gasteiger partial charge on any atom is -0.508 e. The van der Waals surface area contributed by atoms with Crippen molar-refractivity contribution in [2.75, 3.05) is 5.43 Å². The molecule has 3 rings (SSSR count). The number of rotatable bonds is 5. The third kappa shape index (κ3) is 3.39. The fourth-order valence-electron chi connectivity index (χ4n) is 2.73. The number of aromatic hydroxyl groups is 1. The number of benzene rings is 1. The molecule has 0 radical (unpaired) electrons. The van der Waals surface area contributed by atoms with E-state index in [1.807, 2.05) is 6.92 Å². The highest BCUT2D eigenvalue weighted by Crippen LogP contribution is 2.17. The lowest BCUT2D eigenvalue weighted by molar-refractivity contribution is 0.475. The maximum atomic E-state index is 12.6. The summed E-state index contributed by atoms with van der Waals surface area (Å²) < 4.78 is 3.99. The summed E-state index contributed by atoms with van der Waals surface area (Å²) in [6.07, 6.45) is 1.52. The van der Waals surface area contributed by atoms with E-state index in [4.69, 9.17) is 0 Å². The Morgan fingerprint density at radius 3 is 2.74 bits per heavy atom. The summed E-state index contributed by atoms with van der Waals surface area (Å²) in [5.74, 6) is 0.440. The summed E-state index contributed by atoms with van der Waals surface area (Å²) in [5.41, 5.74) is 3.96. The van der Waals surface area contributed by atoms with Crippen LogP contribution in [0.4, 0.5) is 5.95 Å². The Morgan fingerprint density at radius 2 is 2.07 bits per heavy atom. The Morgan fingerprint density at radius 1 is 1.33 bits per heavy atom. The highest BCUT2D eigenvalue weighted by atomic mass is 16.3. The molecule has 0 bridgehead atoms. The number of hydrogen-bond acceptors (Lipinski definition) is 6. The molecule has 0 amide bonds. The van der Waals surface area contributed by atoms with Gasteiger partial charge in [-0.15, -0.1) is 0 Å². The number of aryl methyl sites for hydroxylation is 1. The van der Waals surface area contributed by atoms with Crippen molar-refractivity contribution in [2.24, 2.45) is 19.2 Å². The van der Waals surface area contributed by atoms with Gasteiger partial charge in [0.15, 0.2) is 11.2 Å². The first-order valence-electron chi connectivity index (χ1n) is 8.18. The van der Waals surface area contributed by atoms with Crippen molar-refractivity contribution in [2.45, 2.75) is 13.5 Å². The third-order valence-corrected chi connectivity index (χ3v) is 4.02. The SMILES string of the molecule is C=C(C)Cn1c(N/N=C/c2cccc(O)c2)nc2c1c(=O)n(C)c(=O)n2C. The van der Waals surface area contributed by atoms with Gasteiger partial charge in [0, 0.05) is 20.6 Å². The van der Waals surface area contributed by atoms with Crippen LogP contribution in [0.1, 0.15) is 12.5 Å². The number of hydrazone groups is 1. The molecule has 3 aromatic rings. The van der Waals surface area contributed by atoms with Crippen LogP contribution in [0.5, 0.6) is 5.75 Å². The van der Waals surface area contributed by atoms with Gasteiger partial charge in [-0.25, -0.2) is 10.2 Å². The molecule has 9 heteroatoms. The van der Waals surface area contributed by atoms with Gasteiger partial charge in [-0.1, -0.05) is 24.3 Å². The lowest BCUT2D eigenvalue weighted by atomic mass is 10.2. The van der Waals surface area contributed by atoms with E-state index in [9.17, 15) is 14.7 Å². The number of phenols is 1. The predicted molar refractivity (Wildman–Crippen MR) is 104 cm³/mol. The van der Waals surface area contributed by atoms with Crippen molar-refractivity contribution >= 4 is 23.3 Å². The molecule has 140 valence electrons. The zero-order chi connectivity index (χ0) is 19.7. The average Bonchev–Trinajstić information content (AvgIpc) is 2.96. The minimum atomic E-state index is -0.456. The second-order valence-electron chi connectivity index (χ2n) is 6.32. The van der Waals surface area contributed by atoms with Crippen LogP contribution >= 0.6 is 0 Å². The largest absolute Gasteiger partial charge is 0.508 e. The average molecular weight is 368 g/mol. The molecule has 1 aromatic carbocycles. The Bertz CT molecular complexity index is 1180. The van der Waals surface area contributed by atoms with Crippen LogP contribution in [-0.4, -0.2) is 30.0 Å². The van der Waals surface area contributed by atoms with Crippen molar-refractivity contribution in [1.82, 2.24) is 18.7 Å². The van der Waals surface area contributed by atoms with Gasteiger partial charge in [-0.3, -0.25) is 18.5 Å². The second kappa shape index (κ2) is 6.94. The van der Waals surface area contributed by atoms with Gasteiger partial charge in [0.2, 0.25) is 5.95 Å². The van der Waals surface area contributed by atoms with Crippen molar-refractivity contribution < 1.29 is 5.11 Å². The van der Waals surface area contributed by atoms with Crippen LogP contribution in [-0.2, 0) is 20.6 Å². The first kappa shape index (κ1) is 18.2. The minimum absolute atomic E-state index is 0.131. The number of allylic oxidation sites excluding steroid dienone is 1.